The molecule has 2 aliphatic rings. The van der Waals surface area contributed by atoms with Gasteiger partial charge in [0.15, 0.2) is 0 Å². The minimum Gasteiger partial charge on any atom is -0.378 e. The highest BCUT2D eigenvalue weighted by molar-refractivity contribution is 6.37. The van der Waals surface area contributed by atoms with Crippen LogP contribution >= 0.6 is 23.2 Å². The number of ether oxygens (including phenoxy) is 1. The maximum Gasteiger partial charge on any atom is 0.246 e. The van der Waals surface area contributed by atoms with Crippen molar-refractivity contribution in [3.63, 3.8) is 0 Å². The van der Waals surface area contributed by atoms with Crippen molar-refractivity contribution in [2.24, 2.45) is 5.92 Å². The zero-order chi connectivity index (χ0) is 18.5. The van der Waals surface area contributed by atoms with Crippen molar-refractivity contribution in [2.75, 3.05) is 39.4 Å². The summed E-state index contributed by atoms with van der Waals surface area (Å²) in [7, 11) is 0. The van der Waals surface area contributed by atoms with E-state index in [-0.39, 0.29) is 17.7 Å². The molecule has 0 N–H and O–H groups in total. The van der Waals surface area contributed by atoms with Crippen molar-refractivity contribution in [3.05, 3.63) is 39.9 Å². The number of carbonyl (C=O) groups is 2. The fourth-order valence-corrected chi connectivity index (χ4v) is 3.84. The Morgan fingerprint density at radius 1 is 1.00 bits per heavy atom. The molecule has 0 radical (unpaired) electrons. The Hall–Kier alpha value is -1.56. The Kier molecular flexibility index (Phi) is 6.57. The van der Waals surface area contributed by atoms with Gasteiger partial charge in [-0.1, -0.05) is 29.3 Å². The van der Waals surface area contributed by atoms with Crippen LogP contribution in [0.4, 0.5) is 0 Å². The predicted molar refractivity (Wildman–Crippen MR) is 102 cm³/mol. The van der Waals surface area contributed by atoms with E-state index in [1.165, 1.54) is 6.08 Å². The number of carbonyl (C=O) groups excluding carboxylic acids is 2. The third kappa shape index (κ3) is 4.58. The lowest BCUT2D eigenvalue weighted by molar-refractivity contribution is -0.142. The summed E-state index contributed by atoms with van der Waals surface area (Å²) in [5, 5.41) is 1.02. The summed E-state index contributed by atoms with van der Waals surface area (Å²) >= 11 is 12.2. The molecule has 7 heteroatoms. The van der Waals surface area contributed by atoms with Gasteiger partial charge in [-0.05, 0) is 31.1 Å². The minimum atomic E-state index is -0.0849. The van der Waals surface area contributed by atoms with Crippen LogP contribution in [0.25, 0.3) is 6.08 Å². The van der Waals surface area contributed by atoms with Crippen molar-refractivity contribution in [1.29, 1.82) is 0 Å². The van der Waals surface area contributed by atoms with E-state index >= 15 is 0 Å². The summed E-state index contributed by atoms with van der Waals surface area (Å²) in [6.45, 7) is 3.72. The zero-order valence-electron chi connectivity index (χ0n) is 14.5. The van der Waals surface area contributed by atoms with E-state index in [0.29, 0.717) is 67.8 Å². The Bertz CT molecular complexity index is 674. The first-order valence-electron chi connectivity index (χ1n) is 8.84. The predicted octanol–water partition coefficient (Wildman–Crippen LogP) is 3.10. The van der Waals surface area contributed by atoms with Gasteiger partial charge in [0.25, 0.3) is 0 Å². The zero-order valence-corrected chi connectivity index (χ0v) is 16.0. The molecular weight excluding hydrogens is 375 g/mol. The van der Waals surface area contributed by atoms with Crippen LogP contribution in [-0.2, 0) is 14.3 Å². The molecule has 2 heterocycles. The lowest BCUT2D eigenvalue weighted by atomic mass is 9.95. The molecule has 0 aromatic heterocycles. The third-order valence-electron chi connectivity index (χ3n) is 4.87. The fourth-order valence-electron chi connectivity index (χ4n) is 3.32. The van der Waals surface area contributed by atoms with E-state index in [0.717, 1.165) is 0 Å². The van der Waals surface area contributed by atoms with Crippen molar-refractivity contribution in [1.82, 2.24) is 9.80 Å². The van der Waals surface area contributed by atoms with Gasteiger partial charge in [-0.25, -0.2) is 0 Å². The average molecular weight is 397 g/mol. The van der Waals surface area contributed by atoms with E-state index < -0.39 is 0 Å². The molecule has 0 unspecified atom stereocenters. The maximum absolute atomic E-state index is 12.5. The summed E-state index contributed by atoms with van der Waals surface area (Å²) in [6.07, 6.45) is 4.54. The van der Waals surface area contributed by atoms with Gasteiger partial charge in [0, 0.05) is 53.8 Å². The van der Waals surface area contributed by atoms with E-state index in [1.807, 2.05) is 4.90 Å². The van der Waals surface area contributed by atoms with Gasteiger partial charge in [-0.3, -0.25) is 9.59 Å². The summed E-state index contributed by atoms with van der Waals surface area (Å²) in [4.78, 5) is 28.6. The Balaban J connectivity index is 1.53. The van der Waals surface area contributed by atoms with Crippen LogP contribution in [0.1, 0.15) is 18.4 Å². The molecule has 26 heavy (non-hydrogen) atoms. The molecule has 0 spiro atoms. The van der Waals surface area contributed by atoms with Crippen molar-refractivity contribution in [2.45, 2.75) is 12.8 Å². The van der Waals surface area contributed by atoms with Gasteiger partial charge >= 0.3 is 0 Å². The first kappa shape index (κ1) is 19.2. The molecule has 0 bridgehead atoms. The molecule has 140 valence electrons. The molecule has 0 saturated carbocycles. The van der Waals surface area contributed by atoms with E-state index in [9.17, 15) is 9.59 Å². The van der Waals surface area contributed by atoms with Gasteiger partial charge < -0.3 is 14.5 Å². The fraction of sp³-hybridized carbons (Fsp3) is 0.474. The molecular formula is C19H22Cl2N2O3. The number of nitrogens with zero attached hydrogens (tertiary/aromatic N) is 2. The van der Waals surface area contributed by atoms with Crippen LogP contribution in [0.5, 0.6) is 0 Å². The second-order valence-corrected chi connectivity index (χ2v) is 7.32. The summed E-state index contributed by atoms with van der Waals surface area (Å²) < 4.78 is 5.29. The number of halogens is 2. The topological polar surface area (TPSA) is 49.9 Å². The van der Waals surface area contributed by atoms with Crippen LogP contribution in [0.15, 0.2) is 24.3 Å². The highest BCUT2D eigenvalue weighted by Crippen LogP contribution is 2.26. The average Bonchev–Trinajstić information content (AvgIpc) is 2.67. The van der Waals surface area contributed by atoms with Crippen LogP contribution in [-0.4, -0.2) is 61.0 Å². The molecule has 0 atom stereocenters. The lowest BCUT2D eigenvalue weighted by Gasteiger charge is -2.35. The SMILES string of the molecule is O=C(/C=C/c1c(Cl)cccc1Cl)N1CCC(C(=O)N2CCOCC2)CC1. The number of hydrogen-bond acceptors (Lipinski definition) is 3. The second kappa shape index (κ2) is 8.89. The molecule has 0 aliphatic carbocycles. The summed E-state index contributed by atoms with van der Waals surface area (Å²) in [5.74, 6) is 0.108. The van der Waals surface area contributed by atoms with Crippen LogP contribution < -0.4 is 0 Å². The van der Waals surface area contributed by atoms with Crippen LogP contribution in [0.3, 0.4) is 0 Å². The number of rotatable bonds is 3. The number of likely N-dealkylation sites (tertiary alicyclic amines) is 1. The van der Waals surface area contributed by atoms with Gasteiger partial charge in [-0.2, -0.15) is 0 Å². The highest BCUT2D eigenvalue weighted by atomic mass is 35.5. The van der Waals surface area contributed by atoms with Crippen molar-refractivity contribution in [3.8, 4) is 0 Å². The van der Waals surface area contributed by atoms with E-state index in [4.69, 9.17) is 27.9 Å². The smallest absolute Gasteiger partial charge is 0.246 e. The normalized spacial score (nSPS) is 19.2. The van der Waals surface area contributed by atoms with Crippen LogP contribution in [0, 0.1) is 5.92 Å². The Labute approximate surface area is 163 Å². The third-order valence-corrected chi connectivity index (χ3v) is 5.53. The number of benzene rings is 1. The molecule has 1 aromatic rings. The molecule has 5 nitrogen and oxygen atoms in total. The molecule has 3 rings (SSSR count). The quantitative estimate of drug-likeness (QED) is 0.737. The van der Waals surface area contributed by atoms with E-state index in [2.05, 4.69) is 0 Å². The largest absolute Gasteiger partial charge is 0.378 e. The Morgan fingerprint density at radius 2 is 1.62 bits per heavy atom. The molecule has 2 saturated heterocycles. The lowest BCUT2D eigenvalue weighted by Crippen LogP contribution is -2.47. The summed E-state index contributed by atoms with van der Waals surface area (Å²) in [6, 6.07) is 5.24. The standard InChI is InChI=1S/C19H22Cl2N2O3/c20-16-2-1-3-17(21)15(16)4-5-18(24)22-8-6-14(7-9-22)19(25)23-10-12-26-13-11-23/h1-5,14H,6-13H2/b5-4+. The molecule has 2 aliphatic heterocycles. The first-order valence-corrected chi connectivity index (χ1v) is 9.59. The van der Waals surface area contributed by atoms with Crippen LogP contribution in [0.2, 0.25) is 10.0 Å². The monoisotopic (exact) mass is 396 g/mol. The van der Waals surface area contributed by atoms with Gasteiger partial charge in [0.2, 0.25) is 11.8 Å². The molecule has 1 aromatic carbocycles. The number of piperidine rings is 1. The second-order valence-electron chi connectivity index (χ2n) is 6.51. The van der Waals surface area contributed by atoms with Gasteiger partial charge in [0.05, 0.1) is 13.2 Å². The first-order chi connectivity index (χ1) is 12.6. The maximum atomic E-state index is 12.5. The Morgan fingerprint density at radius 3 is 2.23 bits per heavy atom. The number of morpholine rings is 1. The van der Waals surface area contributed by atoms with Crippen molar-refractivity contribution < 1.29 is 14.3 Å². The number of amides is 2. The van der Waals surface area contributed by atoms with Gasteiger partial charge in [-0.15, -0.1) is 0 Å². The van der Waals surface area contributed by atoms with E-state index in [1.54, 1.807) is 29.2 Å². The number of hydrogen-bond donors (Lipinski definition) is 0. The van der Waals surface area contributed by atoms with Gasteiger partial charge in [0.1, 0.15) is 0 Å². The molecule has 2 fully saturated rings. The minimum absolute atomic E-state index is 0.000795. The van der Waals surface area contributed by atoms with Crippen molar-refractivity contribution >= 4 is 41.1 Å². The highest BCUT2D eigenvalue weighted by Gasteiger charge is 2.30. The molecule has 2 amide bonds. The summed E-state index contributed by atoms with van der Waals surface area (Å²) in [5.41, 5.74) is 0.640.